The molecule has 0 saturated heterocycles. The summed E-state index contributed by atoms with van der Waals surface area (Å²) in [6.45, 7) is 0.959. The third-order valence-corrected chi connectivity index (χ3v) is 2.24. The number of nitro benzene ring substituents is 2. The molecule has 0 aliphatic carbocycles. The van der Waals surface area contributed by atoms with Gasteiger partial charge in [0.05, 0.1) is 9.85 Å². The van der Waals surface area contributed by atoms with Gasteiger partial charge in [-0.15, -0.1) is 0 Å². The third-order valence-electron chi connectivity index (χ3n) is 2.24. The molecule has 0 atom stereocenters. The Hall–Kier alpha value is -2.91. The molecule has 0 radical (unpaired) electrons. The molecule has 0 saturated carbocycles. The lowest BCUT2D eigenvalue weighted by Gasteiger charge is -2.07. The number of primary amides is 1. The number of phenols is 2. The Morgan fingerprint density at radius 1 is 1.11 bits per heavy atom. The molecule has 0 spiro atoms. The molecule has 10 heteroatoms. The number of amides is 1. The Kier molecular flexibility index (Phi) is 3.04. The monoisotopic (exact) mass is 257 g/mol. The van der Waals surface area contributed by atoms with Crippen molar-refractivity contribution in [3.05, 3.63) is 31.4 Å². The number of carbonyl (C=O) groups is 1. The van der Waals surface area contributed by atoms with Gasteiger partial charge in [0.25, 0.3) is 5.91 Å². The molecule has 1 amide bonds. The van der Waals surface area contributed by atoms with E-state index in [9.17, 15) is 35.2 Å². The van der Waals surface area contributed by atoms with Crippen LogP contribution in [0.4, 0.5) is 11.4 Å². The maximum Gasteiger partial charge on any atom is 0.321 e. The second-order valence-corrected chi connectivity index (χ2v) is 3.27. The van der Waals surface area contributed by atoms with E-state index in [4.69, 9.17) is 5.73 Å². The van der Waals surface area contributed by atoms with Crippen LogP contribution in [0.15, 0.2) is 0 Å². The van der Waals surface area contributed by atoms with Crippen molar-refractivity contribution in [1.29, 1.82) is 0 Å². The molecule has 0 heterocycles. The highest BCUT2D eigenvalue weighted by atomic mass is 16.6. The lowest BCUT2D eigenvalue weighted by Crippen LogP contribution is -2.13. The summed E-state index contributed by atoms with van der Waals surface area (Å²) in [4.78, 5) is 30.1. The predicted octanol–water partition coefficient (Wildman–Crippen LogP) is 0.322. The van der Waals surface area contributed by atoms with Gasteiger partial charge in [-0.3, -0.25) is 25.0 Å². The minimum Gasteiger partial charge on any atom is -0.501 e. The molecule has 0 aliphatic heterocycles. The van der Waals surface area contributed by atoms with Crippen LogP contribution in [0.25, 0.3) is 0 Å². The average molecular weight is 257 g/mol. The van der Waals surface area contributed by atoms with Crippen molar-refractivity contribution in [3.8, 4) is 11.5 Å². The standard InChI is InChI=1S/C8H7N3O7/c1-2-4(10(15)16)6(12)3(8(9)14)7(13)5(2)11(17)18/h12-13H,1H3,(H2,9,14). The van der Waals surface area contributed by atoms with Gasteiger partial charge in [0, 0.05) is 0 Å². The van der Waals surface area contributed by atoms with Crippen LogP contribution in [-0.4, -0.2) is 26.0 Å². The van der Waals surface area contributed by atoms with E-state index < -0.39 is 49.8 Å². The zero-order valence-corrected chi connectivity index (χ0v) is 8.91. The maximum absolute atomic E-state index is 11.0. The summed E-state index contributed by atoms with van der Waals surface area (Å²) < 4.78 is 0. The van der Waals surface area contributed by atoms with E-state index in [2.05, 4.69) is 0 Å². The first-order valence-electron chi connectivity index (χ1n) is 4.37. The number of hydrogen-bond donors (Lipinski definition) is 3. The fraction of sp³-hybridized carbons (Fsp3) is 0.125. The molecule has 0 unspecified atom stereocenters. The Bertz CT molecular complexity index is 479. The number of hydrogen-bond acceptors (Lipinski definition) is 7. The van der Waals surface area contributed by atoms with Crippen molar-refractivity contribution in [1.82, 2.24) is 0 Å². The van der Waals surface area contributed by atoms with Gasteiger partial charge in [-0.1, -0.05) is 0 Å². The summed E-state index contributed by atoms with van der Waals surface area (Å²) >= 11 is 0. The number of carbonyl (C=O) groups excluding carboxylic acids is 1. The summed E-state index contributed by atoms with van der Waals surface area (Å²) in [5.41, 5.74) is 1.07. The number of aromatic hydroxyl groups is 2. The summed E-state index contributed by atoms with van der Waals surface area (Å²) in [6.07, 6.45) is 0. The van der Waals surface area contributed by atoms with Crippen molar-refractivity contribution in [2.75, 3.05) is 0 Å². The summed E-state index contributed by atoms with van der Waals surface area (Å²) in [6, 6.07) is 0. The van der Waals surface area contributed by atoms with Gasteiger partial charge in [-0.05, 0) is 6.92 Å². The Labute approximate surface area is 98.6 Å². The molecule has 18 heavy (non-hydrogen) atoms. The van der Waals surface area contributed by atoms with E-state index in [1.54, 1.807) is 0 Å². The lowest BCUT2D eigenvalue weighted by atomic mass is 10.0. The number of nitro groups is 2. The molecule has 4 N–H and O–H groups in total. The van der Waals surface area contributed by atoms with Crippen LogP contribution < -0.4 is 5.73 Å². The topological polar surface area (TPSA) is 170 Å². The molecule has 0 bridgehead atoms. The molecule has 10 nitrogen and oxygen atoms in total. The van der Waals surface area contributed by atoms with Gasteiger partial charge in [0.1, 0.15) is 11.1 Å². The quantitative estimate of drug-likeness (QED) is 0.516. The highest BCUT2D eigenvalue weighted by Gasteiger charge is 2.36. The second kappa shape index (κ2) is 4.16. The van der Waals surface area contributed by atoms with Gasteiger partial charge >= 0.3 is 11.4 Å². The molecule has 1 aromatic carbocycles. The fourth-order valence-electron chi connectivity index (χ4n) is 1.50. The van der Waals surface area contributed by atoms with Gasteiger partial charge < -0.3 is 15.9 Å². The minimum atomic E-state index is -1.42. The number of benzene rings is 1. The van der Waals surface area contributed by atoms with E-state index in [0.717, 1.165) is 6.92 Å². The van der Waals surface area contributed by atoms with E-state index in [0.29, 0.717) is 0 Å². The Morgan fingerprint density at radius 2 is 1.44 bits per heavy atom. The Morgan fingerprint density at radius 3 is 1.67 bits per heavy atom. The summed E-state index contributed by atoms with van der Waals surface area (Å²) in [5, 5.41) is 40.3. The zero-order valence-electron chi connectivity index (χ0n) is 8.91. The predicted molar refractivity (Wildman–Crippen MR) is 56.3 cm³/mol. The molecule has 1 rings (SSSR count). The van der Waals surface area contributed by atoms with Crippen LogP contribution in [0.3, 0.4) is 0 Å². The van der Waals surface area contributed by atoms with Crippen molar-refractivity contribution in [2.45, 2.75) is 6.92 Å². The van der Waals surface area contributed by atoms with Gasteiger partial charge in [0.15, 0.2) is 0 Å². The van der Waals surface area contributed by atoms with Crippen molar-refractivity contribution >= 4 is 17.3 Å². The summed E-state index contributed by atoms with van der Waals surface area (Å²) in [5.74, 6) is -3.82. The number of nitrogens with two attached hydrogens (primary N) is 1. The molecular formula is C8H7N3O7. The lowest BCUT2D eigenvalue weighted by molar-refractivity contribution is -0.396. The largest absolute Gasteiger partial charge is 0.501 e. The van der Waals surface area contributed by atoms with Crippen LogP contribution >= 0.6 is 0 Å². The maximum atomic E-state index is 11.0. The molecular weight excluding hydrogens is 250 g/mol. The van der Waals surface area contributed by atoms with Crippen LogP contribution in [0.5, 0.6) is 11.5 Å². The highest BCUT2D eigenvalue weighted by molar-refractivity contribution is 6.02. The zero-order chi connectivity index (χ0) is 14.2. The van der Waals surface area contributed by atoms with Crippen molar-refractivity contribution < 1.29 is 24.9 Å². The van der Waals surface area contributed by atoms with Crippen molar-refractivity contribution in [3.63, 3.8) is 0 Å². The molecule has 1 aromatic rings. The van der Waals surface area contributed by atoms with Gasteiger partial charge in [-0.25, -0.2) is 0 Å². The molecule has 0 aliphatic rings. The Balaban J connectivity index is 3.94. The second-order valence-electron chi connectivity index (χ2n) is 3.27. The SMILES string of the molecule is Cc1c([N+](=O)[O-])c(O)c(C(N)=O)c(O)c1[N+](=O)[O-]. The average Bonchev–Trinajstić information content (AvgIpc) is 2.14. The molecule has 96 valence electrons. The fourth-order valence-corrected chi connectivity index (χ4v) is 1.50. The first-order valence-corrected chi connectivity index (χ1v) is 4.37. The normalized spacial score (nSPS) is 10.1. The third kappa shape index (κ3) is 1.75. The van der Waals surface area contributed by atoms with Crippen molar-refractivity contribution in [2.24, 2.45) is 5.73 Å². The van der Waals surface area contributed by atoms with Crippen LogP contribution in [0, 0.1) is 27.2 Å². The van der Waals surface area contributed by atoms with E-state index in [1.807, 2.05) is 0 Å². The van der Waals surface area contributed by atoms with E-state index >= 15 is 0 Å². The summed E-state index contributed by atoms with van der Waals surface area (Å²) in [7, 11) is 0. The van der Waals surface area contributed by atoms with Crippen LogP contribution in [0.1, 0.15) is 15.9 Å². The van der Waals surface area contributed by atoms with Gasteiger partial charge in [0.2, 0.25) is 11.5 Å². The van der Waals surface area contributed by atoms with Crippen LogP contribution in [-0.2, 0) is 0 Å². The first kappa shape index (κ1) is 13.2. The van der Waals surface area contributed by atoms with Gasteiger partial charge in [-0.2, -0.15) is 0 Å². The first-order chi connectivity index (χ1) is 8.20. The van der Waals surface area contributed by atoms with E-state index in [1.165, 1.54) is 0 Å². The smallest absolute Gasteiger partial charge is 0.321 e. The van der Waals surface area contributed by atoms with E-state index in [-0.39, 0.29) is 0 Å². The molecule has 0 aromatic heterocycles. The molecule has 0 fully saturated rings. The number of nitrogens with zero attached hydrogens (tertiary/aromatic N) is 2. The highest BCUT2D eigenvalue weighted by Crippen LogP contribution is 2.45. The number of rotatable bonds is 3. The van der Waals surface area contributed by atoms with Crippen LogP contribution in [0.2, 0.25) is 0 Å². The minimum absolute atomic E-state index is 0.579.